The van der Waals surface area contributed by atoms with Crippen LogP contribution in [0, 0.1) is 6.92 Å². The molecule has 1 heterocycles. The molecule has 0 radical (unpaired) electrons. The highest BCUT2D eigenvalue weighted by Crippen LogP contribution is 2.43. The summed E-state index contributed by atoms with van der Waals surface area (Å²) in [6.07, 6.45) is -3.69. The number of aryl methyl sites for hydroxylation is 1. The van der Waals surface area contributed by atoms with Crippen LogP contribution in [-0.4, -0.2) is 12.1 Å². The topological polar surface area (TPSA) is 26.3 Å². The minimum absolute atomic E-state index is 0.641. The first kappa shape index (κ1) is 16.3. The molecule has 2 atom stereocenters. The average Bonchev–Trinajstić information content (AvgIpc) is 2.54. The fraction of sp³-hybridized carbons (Fsp3) is 0.211. The van der Waals surface area contributed by atoms with Gasteiger partial charge < -0.3 is 4.74 Å². The molecule has 0 saturated carbocycles. The van der Waals surface area contributed by atoms with Crippen molar-refractivity contribution in [2.45, 2.75) is 24.9 Å². The van der Waals surface area contributed by atoms with Crippen LogP contribution in [0.3, 0.4) is 0 Å². The Bertz CT molecular complexity index is 779. The smallest absolute Gasteiger partial charge is 0.421 e. The van der Waals surface area contributed by atoms with E-state index in [4.69, 9.17) is 0 Å². The van der Waals surface area contributed by atoms with Crippen LogP contribution < -0.4 is 0 Å². The molecule has 0 aromatic heterocycles. The molecule has 0 bridgehead atoms. The molecule has 0 unspecified atom stereocenters. The van der Waals surface area contributed by atoms with Crippen LogP contribution in [0.1, 0.15) is 28.5 Å². The third-order valence-corrected chi connectivity index (χ3v) is 4.02. The first-order valence-electron chi connectivity index (χ1n) is 7.48. The van der Waals surface area contributed by atoms with Crippen molar-refractivity contribution >= 4 is 5.97 Å². The van der Waals surface area contributed by atoms with Crippen molar-refractivity contribution in [1.82, 2.24) is 0 Å². The second-order valence-electron chi connectivity index (χ2n) is 5.78. The SMILES string of the molecule is Cc1cccc([C@@H]2C(=O)OC(C(F)(F)F)=C[C@H]2c2ccccc2)c1. The summed E-state index contributed by atoms with van der Waals surface area (Å²) in [4.78, 5) is 12.4. The van der Waals surface area contributed by atoms with Gasteiger partial charge in [0.25, 0.3) is 0 Å². The van der Waals surface area contributed by atoms with Crippen molar-refractivity contribution in [2.24, 2.45) is 0 Å². The Morgan fingerprint density at radius 1 is 0.958 bits per heavy atom. The lowest BCUT2D eigenvalue weighted by molar-refractivity contribution is -0.164. The number of hydrogen-bond donors (Lipinski definition) is 0. The number of hydrogen-bond acceptors (Lipinski definition) is 2. The summed E-state index contributed by atoms with van der Waals surface area (Å²) < 4.78 is 43.8. The first-order chi connectivity index (χ1) is 11.4. The summed E-state index contributed by atoms with van der Waals surface area (Å²) in [6, 6.07) is 15.9. The lowest BCUT2D eigenvalue weighted by atomic mass is 9.79. The molecule has 0 fully saturated rings. The third kappa shape index (κ3) is 3.20. The molecule has 2 aromatic rings. The van der Waals surface area contributed by atoms with Crippen molar-refractivity contribution in [1.29, 1.82) is 0 Å². The maximum Gasteiger partial charge on any atom is 0.449 e. The van der Waals surface area contributed by atoms with Crippen LogP contribution in [0.25, 0.3) is 0 Å². The number of cyclic esters (lactones) is 1. The van der Waals surface area contributed by atoms with Gasteiger partial charge in [-0.2, -0.15) is 13.2 Å². The number of benzene rings is 2. The van der Waals surface area contributed by atoms with E-state index in [2.05, 4.69) is 4.74 Å². The highest BCUT2D eigenvalue weighted by atomic mass is 19.4. The average molecular weight is 332 g/mol. The Labute approximate surface area is 137 Å². The van der Waals surface area contributed by atoms with Gasteiger partial charge in [-0.3, -0.25) is 4.79 Å². The second kappa shape index (κ2) is 6.15. The van der Waals surface area contributed by atoms with Crippen LogP contribution in [-0.2, 0) is 9.53 Å². The maximum atomic E-state index is 13.1. The lowest BCUT2D eigenvalue weighted by Crippen LogP contribution is -2.31. The van der Waals surface area contributed by atoms with E-state index in [-0.39, 0.29) is 0 Å². The van der Waals surface area contributed by atoms with E-state index >= 15 is 0 Å². The molecule has 0 aliphatic carbocycles. The van der Waals surface area contributed by atoms with Crippen LogP contribution in [0.4, 0.5) is 13.2 Å². The van der Waals surface area contributed by atoms with Crippen molar-refractivity contribution in [2.75, 3.05) is 0 Å². The molecule has 2 nitrogen and oxygen atoms in total. The Morgan fingerprint density at radius 2 is 1.62 bits per heavy atom. The Kier molecular flexibility index (Phi) is 4.18. The first-order valence-corrected chi connectivity index (χ1v) is 7.48. The second-order valence-corrected chi connectivity index (χ2v) is 5.78. The van der Waals surface area contributed by atoms with Gasteiger partial charge in [-0.25, -0.2) is 0 Å². The number of alkyl halides is 3. The molecular formula is C19H15F3O2. The quantitative estimate of drug-likeness (QED) is 0.734. The van der Waals surface area contributed by atoms with E-state index in [1.165, 1.54) is 0 Å². The fourth-order valence-electron chi connectivity index (χ4n) is 2.94. The molecular weight excluding hydrogens is 317 g/mol. The van der Waals surface area contributed by atoms with E-state index in [0.717, 1.165) is 11.6 Å². The van der Waals surface area contributed by atoms with E-state index in [0.29, 0.717) is 11.1 Å². The third-order valence-electron chi connectivity index (χ3n) is 4.02. The van der Waals surface area contributed by atoms with Crippen LogP contribution in [0.2, 0.25) is 0 Å². The van der Waals surface area contributed by atoms with Gasteiger partial charge in [0.2, 0.25) is 5.76 Å². The Hall–Kier alpha value is -2.56. The Balaban J connectivity index is 2.13. The normalized spacial score (nSPS) is 21.2. The number of esters is 1. The Morgan fingerprint density at radius 3 is 2.25 bits per heavy atom. The number of carbonyl (C=O) groups excluding carboxylic acids is 1. The largest absolute Gasteiger partial charge is 0.449 e. The van der Waals surface area contributed by atoms with Crippen LogP contribution >= 0.6 is 0 Å². The molecule has 24 heavy (non-hydrogen) atoms. The standard InChI is InChI=1S/C19H15F3O2/c1-12-6-5-9-14(10-12)17-15(13-7-3-2-4-8-13)11-16(19(20,21)22)24-18(17)23/h2-11,15,17H,1H3/t15-,17-/m0/s1. The van der Waals surface area contributed by atoms with Crippen molar-refractivity contribution in [3.05, 3.63) is 83.1 Å². The molecule has 1 aliphatic rings. The lowest BCUT2D eigenvalue weighted by Gasteiger charge is -2.30. The van der Waals surface area contributed by atoms with Crippen molar-refractivity contribution in [3.8, 4) is 0 Å². The van der Waals surface area contributed by atoms with Crippen LogP contribution in [0.5, 0.6) is 0 Å². The van der Waals surface area contributed by atoms with E-state index < -0.39 is 29.7 Å². The minimum atomic E-state index is -4.69. The highest BCUT2D eigenvalue weighted by Gasteiger charge is 2.45. The monoisotopic (exact) mass is 332 g/mol. The number of halogens is 3. The summed E-state index contributed by atoms with van der Waals surface area (Å²) in [6.45, 7) is 1.87. The number of carbonyl (C=O) groups is 1. The predicted molar refractivity (Wildman–Crippen MR) is 83.3 cm³/mol. The molecule has 124 valence electrons. The molecule has 1 aliphatic heterocycles. The maximum absolute atomic E-state index is 13.1. The summed E-state index contributed by atoms with van der Waals surface area (Å²) in [7, 11) is 0. The predicted octanol–water partition coefficient (Wildman–Crippen LogP) is 4.87. The van der Waals surface area contributed by atoms with E-state index in [1.54, 1.807) is 48.5 Å². The van der Waals surface area contributed by atoms with Gasteiger partial charge in [-0.15, -0.1) is 0 Å². The van der Waals surface area contributed by atoms with Gasteiger partial charge >= 0.3 is 12.1 Å². The molecule has 5 heteroatoms. The summed E-state index contributed by atoms with van der Waals surface area (Å²) in [5, 5.41) is 0. The minimum Gasteiger partial charge on any atom is -0.421 e. The molecule has 3 rings (SSSR count). The molecule has 2 aromatic carbocycles. The van der Waals surface area contributed by atoms with Gasteiger partial charge in [0.15, 0.2) is 0 Å². The van der Waals surface area contributed by atoms with Gasteiger partial charge in [-0.05, 0) is 24.1 Å². The number of ether oxygens (including phenoxy) is 1. The summed E-state index contributed by atoms with van der Waals surface area (Å²) in [5.74, 6) is -3.67. The number of allylic oxidation sites excluding steroid dienone is 2. The molecule has 0 saturated heterocycles. The van der Waals surface area contributed by atoms with E-state index in [9.17, 15) is 18.0 Å². The molecule has 0 N–H and O–H groups in total. The zero-order valence-corrected chi connectivity index (χ0v) is 12.9. The fourth-order valence-corrected chi connectivity index (χ4v) is 2.94. The number of rotatable bonds is 2. The summed E-state index contributed by atoms with van der Waals surface area (Å²) >= 11 is 0. The van der Waals surface area contributed by atoms with Gasteiger partial charge in [0.05, 0.1) is 5.92 Å². The van der Waals surface area contributed by atoms with Crippen molar-refractivity contribution in [3.63, 3.8) is 0 Å². The van der Waals surface area contributed by atoms with Crippen LogP contribution in [0.15, 0.2) is 66.4 Å². The van der Waals surface area contributed by atoms with Gasteiger partial charge in [-0.1, -0.05) is 60.2 Å². The zero-order valence-electron chi connectivity index (χ0n) is 12.9. The summed E-state index contributed by atoms with van der Waals surface area (Å²) in [5.41, 5.74) is 2.21. The highest BCUT2D eigenvalue weighted by molar-refractivity contribution is 5.82. The van der Waals surface area contributed by atoms with Gasteiger partial charge in [0.1, 0.15) is 0 Å². The van der Waals surface area contributed by atoms with Gasteiger partial charge in [0, 0.05) is 5.92 Å². The van der Waals surface area contributed by atoms with Crippen molar-refractivity contribution < 1.29 is 22.7 Å². The van der Waals surface area contributed by atoms with E-state index in [1.807, 2.05) is 13.0 Å². The molecule has 0 spiro atoms. The molecule has 0 amide bonds. The zero-order chi connectivity index (χ0) is 17.3.